The Morgan fingerprint density at radius 1 is 1.31 bits per heavy atom. The van der Waals surface area contributed by atoms with E-state index in [1.807, 2.05) is 13.8 Å². The van der Waals surface area contributed by atoms with Crippen molar-refractivity contribution in [1.29, 1.82) is 0 Å². The van der Waals surface area contributed by atoms with Crippen LogP contribution >= 0.6 is 0 Å². The highest BCUT2D eigenvalue weighted by Crippen LogP contribution is 2.33. The van der Waals surface area contributed by atoms with Crippen molar-refractivity contribution in [1.82, 2.24) is 0 Å². The van der Waals surface area contributed by atoms with Crippen LogP contribution in [0.2, 0.25) is 0 Å². The molecule has 0 atom stereocenters. The molecule has 2 nitrogen and oxygen atoms in total. The minimum atomic E-state index is -0.765. The summed E-state index contributed by atoms with van der Waals surface area (Å²) in [5.41, 5.74) is -0.927. The Morgan fingerprint density at radius 2 is 1.77 bits per heavy atom. The van der Waals surface area contributed by atoms with Crippen molar-refractivity contribution in [2.75, 3.05) is 0 Å². The monoisotopic (exact) mass is 182 g/mol. The Kier molecular flexibility index (Phi) is 3.54. The molecule has 0 rings (SSSR count). The quantitative estimate of drug-likeness (QED) is 0.681. The molecule has 0 saturated heterocycles. The maximum Gasteiger partial charge on any atom is 0.309 e. The van der Waals surface area contributed by atoms with E-state index in [0.29, 0.717) is 6.42 Å². The summed E-state index contributed by atoms with van der Waals surface area (Å²) in [5, 5.41) is 8.92. The molecule has 74 valence electrons. The van der Waals surface area contributed by atoms with Crippen LogP contribution in [0.25, 0.3) is 0 Å². The maximum absolute atomic E-state index is 10.9. The number of hydrogen-bond acceptors (Lipinski definition) is 1. The molecule has 2 heteroatoms. The van der Waals surface area contributed by atoms with Crippen LogP contribution in [0.15, 0.2) is 0 Å². The predicted molar refractivity (Wildman–Crippen MR) is 53.3 cm³/mol. The highest BCUT2D eigenvalue weighted by atomic mass is 16.4. The number of carboxylic acids is 1. The van der Waals surface area contributed by atoms with Gasteiger partial charge in [-0.15, -0.1) is 5.92 Å². The molecular weight excluding hydrogens is 164 g/mol. The molecule has 0 aliphatic carbocycles. The summed E-state index contributed by atoms with van der Waals surface area (Å²) in [6, 6.07) is 0. The van der Waals surface area contributed by atoms with Gasteiger partial charge < -0.3 is 5.11 Å². The number of aliphatic carboxylic acids is 1. The van der Waals surface area contributed by atoms with E-state index in [0.717, 1.165) is 0 Å². The summed E-state index contributed by atoms with van der Waals surface area (Å²) in [5.74, 6) is 5.08. The van der Waals surface area contributed by atoms with E-state index in [-0.39, 0.29) is 5.41 Å². The first-order valence-electron chi connectivity index (χ1n) is 4.38. The second-order valence-electron chi connectivity index (χ2n) is 4.62. The highest BCUT2D eigenvalue weighted by molar-refractivity contribution is 5.73. The molecule has 0 radical (unpaired) electrons. The van der Waals surface area contributed by atoms with E-state index in [1.54, 1.807) is 20.8 Å². The molecule has 0 aliphatic rings. The van der Waals surface area contributed by atoms with Gasteiger partial charge in [0.1, 0.15) is 0 Å². The SMILES string of the molecule is CC#CC(C)(C)CC(C)(C)C(=O)O. The smallest absolute Gasteiger partial charge is 0.309 e. The first-order chi connectivity index (χ1) is 5.71. The number of carboxylic acid groups (broad SMARTS) is 1. The van der Waals surface area contributed by atoms with E-state index in [9.17, 15) is 4.79 Å². The number of rotatable bonds is 3. The second-order valence-corrected chi connectivity index (χ2v) is 4.62. The van der Waals surface area contributed by atoms with E-state index >= 15 is 0 Å². The van der Waals surface area contributed by atoms with Gasteiger partial charge in [-0.1, -0.05) is 5.92 Å². The maximum atomic E-state index is 10.9. The van der Waals surface area contributed by atoms with Crippen LogP contribution in [0.5, 0.6) is 0 Å². The lowest BCUT2D eigenvalue weighted by Crippen LogP contribution is -2.29. The molecule has 0 unspecified atom stereocenters. The molecule has 0 aromatic carbocycles. The molecule has 0 aromatic heterocycles. The molecule has 13 heavy (non-hydrogen) atoms. The van der Waals surface area contributed by atoms with E-state index in [1.165, 1.54) is 0 Å². The molecule has 0 aliphatic heterocycles. The van der Waals surface area contributed by atoms with E-state index in [2.05, 4.69) is 11.8 Å². The van der Waals surface area contributed by atoms with E-state index < -0.39 is 11.4 Å². The first kappa shape index (κ1) is 12.0. The minimum Gasteiger partial charge on any atom is -0.481 e. The van der Waals surface area contributed by atoms with Gasteiger partial charge in [-0.25, -0.2) is 0 Å². The van der Waals surface area contributed by atoms with Crippen LogP contribution in [0.4, 0.5) is 0 Å². The predicted octanol–water partition coefficient (Wildman–Crippen LogP) is 2.54. The fourth-order valence-corrected chi connectivity index (χ4v) is 1.56. The zero-order valence-corrected chi connectivity index (χ0v) is 9.06. The summed E-state index contributed by atoms with van der Waals surface area (Å²) in [4.78, 5) is 10.9. The van der Waals surface area contributed by atoms with Crippen LogP contribution in [0, 0.1) is 22.7 Å². The Hall–Kier alpha value is -0.970. The van der Waals surface area contributed by atoms with Crippen molar-refractivity contribution >= 4 is 5.97 Å². The van der Waals surface area contributed by atoms with Crippen LogP contribution in [-0.4, -0.2) is 11.1 Å². The van der Waals surface area contributed by atoms with Crippen LogP contribution < -0.4 is 0 Å². The standard InChI is InChI=1S/C11H18O2/c1-6-7-10(2,3)8-11(4,5)9(12)13/h8H2,1-5H3,(H,12,13). The van der Waals surface area contributed by atoms with E-state index in [4.69, 9.17) is 5.11 Å². The van der Waals surface area contributed by atoms with Crippen LogP contribution in [0.1, 0.15) is 41.0 Å². The molecular formula is C11H18O2. The molecule has 0 fully saturated rings. The minimum absolute atomic E-state index is 0.226. The van der Waals surface area contributed by atoms with Crippen molar-refractivity contribution in [2.24, 2.45) is 10.8 Å². The van der Waals surface area contributed by atoms with Crippen molar-refractivity contribution < 1.29 is 9.90 Å². The summed E-state index contributed by atoms with van der Waals surface area (Å²) in [7, 11) is 0. The summed E-state index contributed by atoms with van der Waals surface area (Å²) >= 11 is 0. The zero-order chi connectivity index (χ0) is 10.7. The lowest BCUT2D eigenvalue weighted by Gasteiger charge is -2.27. The molecule has 1 N–H and O–H groups in total. The lowest BCUT2D eigenvalue weighted by atomic mass is 9.75. The van der Waals surface area contributed by atoms with Gasteiger partial charge in [0.25, 0.3) is 0 Å². The van der Waals surface area contributed by atoms with Crippen LogP contribution in [0.3, 0.4) is 0 Å². The van der Waals surface area contributed by atoms with Crippen molar-refractivity contribution in [3.8, 4) is 11.8 Å². The Morgan fingerprint density at radius 3 is 2.08 bits per heavy atom. The number of hydrogen-bond donors (Lipinski definition) is 1. The zero-order valence-electron chi connectivity index (χ0n) is 9.06. The third kappa shape index (κ3) is 3.98. The van der Waals surface area contributed by atoms with Gasteiger partial charge >= 0.3 is 5.97 Å². The van der Waals surface area contributed by atoms with Gasteiger partial charge in [0.15, 0.2) is 0 Å². The van der Waals surface area contributed by atoms with Crippen molar-refractivity contribution in [3.63, 3.8) is 0 Å². The summed E-state index contributed by atoms with van der Waals surface area (Å²) in [6.45, 7) is 9.17. The molecule has 0 aromatic rings. The molecule has 0 bridgehead atoms. The van der Waals surface area contributed by atoms with Crippen molar-refractivity contribution in [2.45, 2.75) is 41.0 Å². The fraction of sp³-hybridized carbons (Fsp3) is 0.727. The molecule has 0 spiro atoms. The van der Waals surface area contributed by atoms with Gasteiger partial charge in [-0.3, -0.25) is 4.79 Å². The lowest BCUT2D eigenvalue weighted by molar-refractivity contribution is -0.148. The Labute approximate surface area is 80.3 Å². The van der Waals surface area contributed by atoms with Gasteiger partial charge in [0.2, 0.25) is 0 Å². The number of carbonyl (C=O) groups is 1. The second kappa shape index (κ2) is 3.83. The van der Waals surface area contributed by atoms with Gasteiger partial charge in [0.05, 0.1) is 5.41 Å². The van der Waals surface area contributed by atoms with Gasteiger partial charge in [0, 0.05) is 5.41 Å². The van der Waals surface area contributed by atoms with Crippen LogP contribution in [-0.2, 0) is 4.79 Å². The molecule has 0 amide bonds. The summed E-state index contributed by atoms with van der Waals surface area (Å²) < 4.78 is 0. The third-order valence-corrected chi connectivity index (χ3v) is 1.93. The Bertz CT molecular complexity index is 251. The van der Waals surface area contributed by atoms with Crippen molar-refractivity contribution in [3.05, 3.63) is 0 Å². The Balaban J connectivity index is 4.57. The third-order valence-electron chi connectivity index (χ3n) is 1.93. The first-order valence-corrected chi connectivity index (χ1v) is 4.38. The molecule has 0 saturated carbocycles. The average Bonchev–Trinajstić information content (AvgIpc) is 1.83. The summed E-state index contributed by atoms with van der Waals surface area (Å²) in [6.07, 6.45) is 0.566. The largest absolute Gasteiger partial charge is 0.481 e. The van der Waals surface area contributed by atoms with Gasteiger partial charge in [-0.2, -0.15) is 0 Å². The fourth-order valence-electron chi connectivity index (χ4n) is 1.56. The molecule has 0 heterocycles. The average molecular weight is 182 g/mol. The topological polar surface area (TPSA) is 37.3 Å². The normalized spacial score (nSPS) is 11.8. The highest BCUT2D eigenvalue weighted by Gasteiger charge is 2.33. The van der Waals surface area contributed by atoms with Gasteiger partial charge in [-0.05, 0) is 41.0 Å².